The number of hydrogen-bond acceptors (Lipinski definition) is 19. The normalized spacial score (nSPS) is 16.1. The second kappa shape index (κ2) is 20.8. The largest absolute Gasteiger partial charge is 0.497 e. The van der Waals surface area contributed by atoms with E-state index in [4.69, 9.17) is 52.5 Å². The smallest absolute Gasteiger partial charge is 0.342 e. The molecule has 0 saturated carbocycles. The van der Waals surface area contributed by atoms with Crippen molar-refractivity contribution in [1.29, 1.82) is 0 Å². The number of benzene rings is 5. The van der Waals surface area contributed by atoms with Crippen molar-refractivity contribution in [1.82, 2.24) is 8.75 Å². The Labute approximate surface area is 401 Å². The van der Waals surface area contributed by atoms with Crippen LogP contribution in [-0.2, 0) is 45.7 Å². The van der Waals surface area contributed by atoms with Crippen molar-refractivity contribution in [3.05, 3.63) is 124 Å². The highest BCUT2D eigenvalue weighted by Crippen LogP contribution is 2.49. The first kappa shape index (κ1) is 48.0. The maximum absolute atomic E-state index is 13.4. The zero-order valence-electron chi connectivity index (χ0n) is 37.4. The Morgan fingerprint density at radius 3 is 2.06 bits per heavy atom. The molecule has 362 valence electrons. The number of hydrogen-bond donors (Lipinski definition) is 3. The van der Waals surface area contributed by atoms with Crippen molar-refractivity contribution in [2.45, 2.75) is 31.0 Å². The number of esters is 2. The van der Waals surface area contributed by atoms with Gasteiger partial charge in [0, 0.05) is 29.7 Å². The molecule has 5 aromatic carbocycles. The summed E-state index contributed by atoms with van der Waals surface area (Å²) in [6.45, 7) is 0.587. The fourth-order valence-corrected chi connectivity index (χ4v) is 8.48. The molecule has 0 aliphatic carbocycles. The lowest BCUT2D eigenvalue weighted by Crippen LogP contribution is -2.31. The van der Waals surface area contributed by atoms with E-state index in [0.717, 1.165) is 22.8 Å². The quantitative estimate of drug-likeness (QED) is 0.0678. The van der Waals surface area contributed by atoms with Crippen LogP contribution in [0.3, 0.4) is 0 Å². The van der Waals surface area contributed by atoms with Crippen molar-refractivity contribution in [2.75, 3.05) is 47.6 Å². The molecular weight excluding hydrogens is 937 g/mol. The van der Waals surface area contributed by atoms with Crippen molar-refractivity contribution >= 4 is 58.5 Å². The van der Waals surface area contributed by atoms with Crippen LogP contribution in [0.2, 0.25) is 0 Å². The number of aromatic nitrogens is 2. The van der Waals surface area contributed by atoms with Gasteiger partial charge in [0.15, 0.2) is 36.2 Å². The van der Waals surface area contributed by atoms with Crippen LogP contribution in [0.25, 0.3) is 16.6 Å². The molecule has 20 nitrogen and oxygen atoms in total. The Bertz CT molecular complexity index is 3020. The van der Waals surface area contributed by atoms with Gasteiger partial charge in [-0.1, -0.05) is 24.3 Å². The van der Waals surface area contributed by atoms with Crippen molar-refractivity contribution < 1.29 is 86.7 Å². The van der Waals surface area contributed by atoms with Gasteiger partial charge in [0.05, 0.1) is 55.5 Å². The standard InChI is InChI=1S/C27H20N2O9S.C22H22O9/c1-34-16-4-5-17(22(11-16)35-12-24(30)31)27(33)18(8-14-2-6-19-20(9-14)29-39-28-19)25(26(32)38-27)15-3-7-21-23(10-15)37-13-36-21;1-3-28-22(26)21(13-4-7-17-19(8-13)31-12-30-17)16(10-23)15-6-5-14(27-2)9-18(15)29-11-20(24)25/h2-7,9-11,33H,8,12-13H2,1H3,(H,30,31);4-10,16,21H,3,11-12H2,1-2H3,(H,24,25). The highest BCUT2D eigenvalue weighted by atomic mass is 32.1. The maximum atomic E-state index is 13.4. The van der Waals surface area contributed by atoms with Crippen LogP contribution in [0, 0.1) is 0 Å². The summed E-state index contributed by atoms with van der Waals surface area (Å²) in [5.41, 5.74) is 3.79. The molecule has 0 bridgehead atoms. The number of aliphatic hydroxyl groups is 1. The molecule has 9 rings (SSSR count). The molecule has 1 aromatic heterocycles. The molecule has 0 fully saturated rings. The number of fused-ring (bicyclic) bond motifs is 3. The van der Waals surface area contributed by atoms with Crippen LogP contribution in [-0.4, -0.2) is 102 Å². The van der Waals surface area contributed by atoms with Crippen LogP contribution in [0.5, 0.6) is 46.0 Å². The first-order valence-corrected chi connectivity index (χ1v) is 21.9. The molecule has 6 aromatic rings. The lowest BCUT2D eigenvalue weighted by Gasteiger charge is -2.27. The third-order valence-corrected chi connectivity index (χ3v) is 11.7. The SMILES string of the molecule is CCOC(=O)C(c1ccc2c(c1)OCO2)C(C=O)c1ccc(OC)cc1OCC(=O)O.COc1ccc(C2(O)OC(=O)C(c3ccc4c(c3)OCO4)=C2Cc2ccc3nsnc3c2)c(OCC(=O)O)c1. The molecule has 0 amide bonds. The van der Waals surface area contributed by atoms with Crippen LogP contribution in [0.15, 0.2) is 96.6 Å². The van der Waals surface area contributed by atoms with Gasteiger partial charge in [-0.2, -0.15) is 8.75 Å². The monoisotopic (exact) mass is 978 g/mol. The second-order valence-electron chi connectivity index (χ2n) is 15.4. The van der Waals surface area contributed by atoms with Gasteiger partial charge in [-0.15, -0.1) is 0 Å². The van der Waals surface area contributed by atoms with Crippen LogP contribution < -0.4 is 37.9 Å². The predicted molar refractivity (Wildman–Crippen MR) is 244 cm³/mol. The molecule has 70 heavy (non-hydrogen) atoms. The predicted octanol–water partition coefficient (Wildman–Crippen LogP) is 5.81. The third kappa shape index (κ3) is 10.1. The summed E-state index contributed by atoms with van der Waals surface area (Å²) in [5.74, 6) is -5.30. The van der Waals surface area contributed by atoms with E-state index in [0.29, 0.717) is 63.0 Å². The zero-order chi connectivity index (χ0) is 49.5. The van der Waals surface area contributed by atoms with Gasteiger partial charge in [0.25, 0.3) is 5.79 Å². The fourth-order valence-electron chi connectivity index (χ4n) is 7.96. The van der Waals surface area contributed by atoms with E-state index in [1.807, 2.05) is 12.1 Å². The van der Waals surface area contributed by atoms with Crippen molar-refractivity contribution in [2.24, 2.45) is 0 Å². The number of aliphatic carboxylic acids is 2. The number of methoxy groups -OCH3 is 2. The molecular formula is C49H42N2O18S. The van der Waals surface area contributed by atoms with E-state index in [-0.39, 0.29) is 54.8 Å². The van der Waals surface area contributed by atoms with Crippen LogP contribution in [0.1, 0.15) is 46.6 Å². The van der Waals surface area contributed by atoms with E-state index in [9.17, 15) is 34.2 Å². The number of nitrogens with zero attached hydrogens (tertiary/aromatic N) is 2. The Hall–Kier alpha value is -8.43. The number of cyclic esters (lactones) is 1. The number of ether oxygens (including phenoxy) is 10. The summed E-state index contributed by atoms with van der Waals surface area (Å²) in [5, 5.41) is 30.3. The third-order valence-electron chi connectivity index (χ3n) is 11.2. The molecule has 0 saturated heterocycles. The van der Waals surface area contributed by atoms with E-state index in [2.05, 4.69) is 8.75 Å². The minimum atomic E-state index is -2.29. The van der Waals surface area contributed by atoms with E-state index in [1.165, 1.54) is 32.4 Å². The van der Waals surface area contributed by atoms with Gasteiger partial charge < -0.3 is 67.5 Å². The molecule has 21 heteroatoms. The van der Waals surface area contributed by atoms with Gasteiger partial charge in [-0.25, -0.2) is 14.4 Å². The summed E-state index contributed by atoms with van der Waals surface area (Å²) < 4.78 is 62.4. The average molecular weight is 979 g/mol. The number of carboxylic acids is 2. The van der Waals surface area contributed by atoms with Crippen molar-refractivity contribution in [3.8, 4) is 46.0 Å². The number of carboxylic acid groups (broad SMARTS) is 2. The van der Waals surface area contributed by atoms with Gasteiger partial charge in [-0.3, -0.25) is 4.79 Å². The first-order chi connectivity index (χ1) is 33.8. The van der Waals surface area contributed by atoms with E-state index < -0.39 is 54.7 Å². The van der Waals surface area contributed by atoms with Gasteiger partial charge in [0.1, 0.15) is 40.3 Å². The first-order valence-electron chi connectivity index (χ1n) is 21.2. The Morgan fingerprint density at radius 1 is 0.757 bits per heavy atom. The Morgan fingerprint density at radius 2 is 1.39 bits per heavy atom. The molecule has 4 heterocycles. The Balaban J connectivity index is 0.000000194. The van der Waals surface area contributed by atoms with Gasteiger partial charge in [-0.05, 0) is 78.2 Å². The highest BCUT2D eigenvalue weighted by Gasteiger charge is 2.50. The van der Waals surface area contributed by atoms with E-state index in [1.54, 1.807) is 67.6 Å². The number of aldehydes is 1. The topological polar surface area (TPSA) is 264 Å². The summed E-state index contributed by atoms with van der Waals surface area (Å²) in [6, 6.07) is 24.5. The van der Waals surface area contributed by atoms with Crippen LogP contribution >= 0.6 is 11.7 Å². The molecule has 3 atom stereocenters. The second-order valence-corrected chi connectivity index (χ2v) is 15.9. The summed E-state index contributed by atoms with van der Waals surface area (Å²) in [6.07, 6.45) is 0.700. The summed E-state index contributed by atoms with van der Waals surface area (Å²) in [7, 11) is 2.88. The minimum absolute atomic E-state index is 0.0179. The minimum Gasteiger partial charge on any atom is -0.497 e. The lowest BCUT2D eigenvalue weighted by atomic mass is 9.81. The molecule has 3 aliphatic heterocycles. The summed E-state index contributed by atoms with van der Waals surface area (Å²) in [4.78, 5) is 60.9. The van der Waals surface area contributed by atoms with E-state index >= 15 is 0 Å². The maximum Gasteiger partial charge on any atom is 0.342 e. The highest BCUT2D eigenvalue weighted by molar-refractivity contribution is 7.00. The molecule has 3 unspecified atom stereocenters. The van der Waals surface area contributed by atoms with Gasteiger partial charge in [0.2, 0.25) is 13.6 Å². The summed E-state index contributed by atoms with van der Waals surface area (Å²) >= 11 is 1.08. The number of rotatable bonds is 18. The van der Waals surface area contributed by atoms with Crippen molar-refractivity contribution in [3.63, 3.8) is 0 Å². The molecule has 3 N–H and O–H groups in total. The lowest BCUT2D eigenvalue weighted by molar-refractivity contribution is -0.185. The number of carbonyl (C=O) groups is 5. The molecule has 0 spiro atoms. The molecule has 0 radical (unpaired) electrons. The Kier molecular flexibility index (Phi) is 14.3. The zero-order valence-corrected chi connectivity index (χ0v) is 38.2. The number of carbonyl (C=O) groups excluding carboxylic acids is 3. The average Bonchev–Trinajstić information content (AvgIpc) is 4.18. The van der Waals surface area contributed by atoms with Gasteiger partial charge >= 0.3 is 23.9 Å². The van der Waals surface area contributed by atoms with Crippen LogP contribution in [0.4, 0.5) is 0 Å². The molecule has 3 aliphatic rings. The fraction of sp³-hybridized carbons (Fsp3) is 0.245.